The second-order valence-electron chi connectivity index (χ2n) is 6.61. The molecular weight excluding hydrogens is 341 g/mol. The van der Waals surface area contributed by atoms with Crippen molar-refractivity contribution in [2.45, 2.75) is 38.5 Å². The van der Waals surface area contributed by atoms with Gasteiger partial charge in [0.15, 0.2) is 0 Å². The zero-order valence-electron chi connectivity index (χ0n) is 13.7. The standard InChI is InChI=1S/C20H23Cl2NO/c21-16-12-9-13-17(22)19(16)23-20(24)18-14-10-7-5-3-1-2-4-6-8-11-15(14)18/h3-6,9,12-15,18H,1-2,7-8,10-11H2,(H,23,24)/b5-3-,6-4+/t14-,15-,18?/m0/s1. The van der Waals surface area contributed by atoms with Crippen LogP contribution in [-0.4, -0.2) is 5.91 Å². The molecule has 128 valence electrons. The molecule has 0 heterocycles. The van der Waals surface area contributed by atoms with E-state index in [-0.39, 0.29) is 11.8 Å². The van der Waals surface area contributed by atoms with Crippen LogP contribution in [0.5, 0.6) is 0 Å². The molecule has 0 aliphatic heterocycles. The average Bonchev–Trinajstić information content (AvgIpc) is 3.23. The Morgan fingerprint density at radius 3 is 1.92 bits per heavy atom. The summed E-state index contributed by atoms with van der Waals surface area (Å²) in [7, 11) is 0. The van der Waals surface area contributed by atoms with Crippen molar-refractivity contribution in [3.63, 3.8) is 0 Å². The van der Waals surface area contributed by atoms with E-state index >= 15 is 0 Å². The third kappa shape index (κ3) is 4.23. The molecule has 0 aromatic heterocycles. The van der Waals surface area contributed by atoms with E-state index < -0.39 is 0 Å². The Morgan fingerprint density at radius 2 is 1.38 bits per heavy atom. The van der Waals surface area contributed by atoms with E-state index in [0.717, 1.165) is 38.5 Å². The lowest BCUT2D eigenvalue weighted by molar-refractivity contribution is -0.117. The van der Waals surface area contributed by atoms with Gasteiger partial charge < -0.3 is 5.32 Å². The number of benzene rings is 1. The van der Waals surface area contributed by atoms with Crippen molar-refractivity contribution >= 4 is 34.8 Å². The van der Waals surface area contributed by atoms with Gasteiger partial charge in [0.25, 0.3) is 0 Å². The Kier molecular flexibility index (Phi) is 6.02. The number of halogens is 2. The molecule has 3 atom stereocenters. The van der Waals surface area contributed by atoms with E-state index in [0.29, 0.717) is 27.6 Å². The molecule has 3 rings (SSSR count). The summed E-state index contributed by atoms with van der Waals surface area (Å²) in [5.41, 5.74) is 0.535. The van der Waals surface area contributed by atoms with Crippen LogP contribution >= 0.6 is 23.2 Å². The van der Waals surface area contributed by atoms with Crippen molar-refractivity contribution < 1.29 is 4.79 Å². The number of hydrogen-bond acceptors (Lipinski definition) is 1. The van der Waals surface area contributed by atoms with Gasteiger partial charge in [-0.2, -0.15) is 0 Å². The molecule has 0 radical (unpaired) electrons. The van der Waals surface area contributed by atoms with Gasteiger partial charge in [-0.15, -0.1) is 0 Å². The van der Waals surface area contributed by atoms with Crippen LogP contribution in [0.15, 0.2) is 42.5 Å². The average molecular weight is 364 g/mol. The molecule has 0 spiro atoms. The molecule has 1 N–H and O–H groups in total. The molecule has 1 saturated carbocycles. The third-order valence-corrected chi connectivity index (χ3v) is 5.64. The van der Waals surface area contributed by atoms with E-state index in [1.54, 1.807) is 18.2 Å². The highest BCUT2D eigenvalue weighted by Crippen LogP contribution is 2.53. The van der Waals surface area contributed by atoms with Gasteiger partial charge in [-0.1, -0.05) is 53.6 Å². The van der Waals surface area contributed by atoms with Crippen LogP contribution < -0.4 is 5.32 Å². The minimum absolute atomic E-state index is 0.0582. The second-order valence-corrected chi connectivity index (χ2v) is 7.43. The number of anilines is 1. The fraction of sp³-hybridized carbons (Fsp3) is 0.450. The number of para-hydroxylation sites is 1. The van der Waals surface area contributed by atoms with Crippen LogP contribution in [-0.2, 0) is 4.79 Å². The molecule has 24 heavy (non-hydrogen) atoms. The normalized spacial score (nSPS) is 29.5. The summed E-state index contributed by atoms with van der Waals surface area (Å²) in [4.78, 5) is 12.7. The summed E-state index contributed by atoms with van der Waals surface area (Å²) < 4.78 is 0. The van der Waals surface area contributed by atoms with Crippen molar-refractivity contribution in [3.05, 3.63) is 52.5 Å². The highest BCUT2D eigenvalue weighted by Gasteiger charge is 2.52. The molecule has 2 aliphatic carbocycles. The van der Waals surface area contributed by atoms with Crippen molar-refractivity contribution in [1.29, 1.82) is 0 Å². The third-order valence-electron chi connectivity index (χ3n) is 5.01. The van der Waals surface area contributed by atoms with Crippen LogP contribution in [0.4, 0.5) is 5.69 Å². The Hall–Kier alpha value is -1.25. The molecule has 1 unspecified atom stereocenters. The molecule has 1 aromatic carbocycles. The molecule has 0 saturated heterocycles. The Bertz CT molecular complexity index is 609. The van der Waals surface area contributed by atoms with Gasteiger partial charge in [-0.25, -0.2) is 0 Å². The molecule has 1 aromatic rings. The quantitative estimate of drug-likeness (QED) is 0.617. The predicted molar refractivity (Wildman–Crippen MR) is 102 cm³/mol. The van der Waals surface area contributed by atoms with Crippen LogP contribution in [0.2, 0.25) is 10.0 Å². The maximum atomic E-state index is 12.7. The van der Waals surface area contributed by atoms with Gasteiger partial charge in [-0.05, 0) is 62.5 Å². The first-order valence-electron chi connectivity index (χ1n) is 8.73. The predicted octanol–water partition coefficient (Wildman–Crippen LogP) is 6.26. The number of carbonyl (C=O) groups excluding carboxylic acids is 1. The second kappa shape index (κ2) is 8.22. The van der Waals surface area contributed by atoms with Crippen LogP contribution in [0.1, 0.15) is 38.5 Å². The topological polar surface area (TPSA) is 29.1 Å². The van der Waals surface area contributed by atoms with Crippen LogP contribution in [0, 0.1) is 17.8 Å². The van der Waals surface area contributed by atoms with Gasteiger partial charge in [0, 0.05) is 5.92 Å². The molecule has 1 amide bonds. The first-order chi connectivity index (χ1) is 11.7. The van der Waals surface area contributed by atoms with Gasteiger partial charge in [0.2, 0.25) is 5.91 Å². The summed E-state index contributed by atoms with van der Waals surface area (Å²) in [6.45, 7) is 0. The molecule has 0 bridgehead atoms. The highest BCUT2D eigenvalue weighted by molar-refractivity contribution is 6.39. The molecule has 2 nitrogen and oxygen atoms in total. The first kappa shape index (κ1) is 17.6. The number of hydrogen-bond donors (Lipinski definition) is 1. The zero-order valence-corrected chi connectivity index (χ0v) is 15.2. The minimum atomic E-state index is 0.0582. The van der Waals surface area contributed by atoms with E-state index in [1.807, 2.05) is 0 Å². The van der Waals surface area contributed by atoms with Crippen molar-refractivity contribution in [3.8, 4) is 0 Å². The summed E-state index contributed by atoms with van der Waals surface area (Å²) in [5.74, 6) is 1.09. The SMILES string of the molecule is O=C(Nc1c(Cl)cccc1Cl)C1[C@H]2CC/C=C\CC/C=C/CC[C@H]12. The van der Waals surface area contributed by atoms with Crippen molar-refractivity contribution in [2.24, 2.45) is 17.8 Å². The number of allylic oxidation sites excluding steroid dienone is 4. The smallest absolute Gasteiger partial charge is 0.228 e. The number of fused-ring (bicyclic) bond motifs is 1. The zero-order chi connectivity index (χ0) is 16.9. The monoisotopic (exact) mass is 363 g/mol. The van der Waals surface area contributed by atoms with E-state index in [1.165, 1.54) is 0 Å². The lowest BCUT2D eigenvalue weighted by Gasteiger charge is -2.09. The van der Waals surface area contributed by atoms with Crippen LogP contribution in [0.3, 0.4) is 0 Å². The van der Waals surface area contributed by atoms with Gasteiger partial charge in [0.1, 0.15) is 0 Å². The van der Waals surface area contributed by atoms with Gasteiger partial charge in [-0.3, -0.25) is 4.79 Å². The molecular formula is C20H23Cl2NO. The Labute approximate surface area is 153 Å². The van der Waals surface area contributed by atoms with Crippen LogP contribution in [0.25, 0.3) is 0 Å². The molecule has 4 heteroatoms. The fourth-order valence-electron chi connectivity index (χ4n) is 3.69. The maximum Gasteiger partial charge on any atom is 0.228 e. The minimum Gasteiger partial charge on any atom is -0.323 e. The highest BCUT2D eigenvalue weighted by atomic mass is 35.5. The summed E-state index contributed by atoms with van der Waals surface area (Å²) in [6.07, 6.45) is 15.5. The van der Waals surface area contributed by atoms with E-state index in [4.69, 9.17) is 23.2 Å². The summed E-state index contributed by atoms with van der Waals surface area (Å²) in [5, 5.41) is 3.93. The largest absolute Gasteiger partial charge is 0.323 e. The van der Waals surface area contributed by atoms with Gasteiger partial charge >= 0.3 is 0 Å². The summed E-state index contributed by atoms with van der Waals surface area (Å²) in [6, 6.07) is 5.27. The van der Waals surface area contributed by atoms with E-state index in [2.05, 4.69) is 29.6 Å². The van der Waals surface area contributed by atoms with E-state index in [9.17, 15) is 4.79 Å². The first-order valence-corrected chi connectivity index (χ1v) is 9.49. The van der Waals surface area contributed by atoms with Crippen molar-refractivity contribution in [2.75, 3.05) is 5.32 Å². The maximum absolute atomic E-state index is 12.7. The van der Waals surface area contributed by atoms with Crippen molar-refractivity contribution in [1.82, 2.24) is 0 Å². The Balaban J connectivity index is 1.66. The number of carbonyl (C=O) groups is 1. The number of amides is 1. The Morgan fingerprint density at radius 1 is 0.875 bits per heavy atom. The number of rotatable bonds is 2. The lowest BCUT2D eigenvalue weighted by Crippen LogP contribution is -2.16. The molecule has 1 fully saturated rings. The summed E-state index contributed by atoms with van der Waals surface area (Å²) >= 11 is 12.3. The number of nitrogens with one attached hydrogen (secondary N) is 1. The molecule has 2 aliphatic rings. The van der Waals surface area contributed by atoms with Gasteiger partial charge in [0.05, 0.1) is 15.7 Å². The fourth-order valence-corrected chi connectivity index (χ4v) is 4.18. The lowest BCUT2D eigenvalue weighted by atomic mass is 10.1.